The number of benzene rings is 2. The maximum absolute atomic E-state index is 12.9. The van der Waals surface area contributed by atoms with E-state index in [9.17, 15) is 14.4 Å². The largest absolute Gasteiger partial charge is 0.358 e. The number of piperazine rings is 1. The summed E-state index contributed by atoms with van der Waals surface area (Å²) in [5.41, 5.74) is 5.09. The lowest BCUT2D eigenvalue weighted by molar-refractivity contribution is -0.134. The molecule has 0 saturated carbocycles. The van der Waals surface area contributed by atoms with Crippen molar-refractivity contribution in [1.82, 2.24) is 24.7 Å². The highest BCUT2D eigenvalue weighted by atomic mass is 16.2. The van der Waals surface area contributed by atoms with Gasteiger partial charge >= 0.3 is 0 Å². The second-order valence-corrected chi connectivity index (χ2v) is 9.99. The minimum absolute atomic E-state index is 0.0335. The van der Waals surface area contributed by atoms with Crippen molar-refractivity contribution in [2.24, 2.45) is 0 Å². The molecule has 2 N–H and O–H groups in total. The monoisotopic (exact) mass is 497 g/mol. The number of para-hydroxylation sites is 2. The topological polar surface area (TPSA) is 92.5 Å². The molecule has 4 heterocycles. The average Bonchev–Trinajstić information content (AvgIpc) is 3.54. The van der Waals surface area contributed by atoms with Crippen molar-refractivity contribution in [3.8, 4) is 0 Å². The zero-order valence-electron chi connectivity index (χ0n) is 20.8. The first-order valence-electron chi connectivity index (χ1n) is 13.1. The van der Waals surface area contributed by atoms with Crippen LogP contribution in [0.15, 0.2) is 54.6 Å². The van der Waals surface area contributed by atoms with Crippen molar-refractivity contribution in [2.75, 3.05) is 32.7 Å². The quantitative estimate of drug-likeness (QED) is 0.441. The van der Waals surface area contributed by atoms with E-state index in [0.29, 0.717) is 64.2 Å². The molecule has 2 aliphatic rings. The maximum Gasteiger partial charge on any atom is 0.270 e. The van der Waals surface area contributed by atoms with Crippen molar-refractivity contribution in [3.05, 3.63) is 71.5 Å². The van der Waals surface area contributed by atoms with E-state index in [1.165, 1.54) is 16.6 Å². The van der Waals surface area contributed by atoms with Gasteiger partial charge in [0.15, 0.2) is 0 Å². The molecule has 8 heteroatoms. The van der Waals surface area contributed by atoms with Crippen LogP contribution >= 0.6 is 0 Å². The van der Waals surface area contributed by atoms with Gasteiger partial charge < -0.3 is 24.7 Å². The molecule has 0 unspecified atom stereocenters. The number of carbonyl (C=O) groups excluding carboxylic acids is 3. The molecule has 190 valence electrons. The molecule has 0 radical (unpaired) electrons. The summed E-state index contributed by atoms with van der Waals surface area (Å²) in [6.07, 6.45) is 2.11. The Labute approximate surface area is 215 Å². The standard InChI is InChI=1S/C29H31N5O3/c35-27(32-14-16-33(17-15-32)29(37)26-18-20-6-1-3-8-23(20)30-26)10-5-11-28(36)34-13-12-25-22(19-34)21-7-2-4-9-24(21)31-25/h1-4,6-9,18,30-31H,5,10-17,19H2. The van der Waals surface area contributed by atoms with Crippen molar-refractivity contribution in [1.29, 1.82) is 0 Å². The highest BCUT2D eigenvalue weighted by Crippen LogP contribution is 2.28. The average molecular weight is 498 g/mol. The smallest absolute Gasteiger partial charge is 0.270 e. The zero-order chi connectivity index (χ0) is 25.4. The molecule has 37 heavy (non-hydrogen) atoms. The second-order valence-electron chi connectivity index (χ2n) is 9.99. The van der Waals surface area contributed by atoms with E-state index in [1.807, 2.05) is 52.3 Å². The van der Waals surface area contributed by atoms with Crippen LogP contribution in [0.4, 0.5) is 0 Å². The Bertz CT molecular complexity index is 1440. The zero-order valence-corrected chi connectivity index (χ0v) is 20.8. The van der Waals surface area contributed by atoms with Crippen molar-refractivity contribution >= 4 is 39.5 Å². The van der Waals surface area contributed by atoms with E-state index in [0.717, 1.165) is 22.8 Å². The van der Waals surface area contributed by atoms with Crippen LogP contribution in [-0.2, 0) is 22.6 Å². The summed E-state index contributed by atoms with van der Waals surface area (Å²) in [7, 11) is 0. The molecular formula is C29H31N5O3. The summed E-state index contributed by atoms with van der Waals surface area (Å²) >= 11 is 0. The van der Waals surface area contributed by atoms with Crippen LogP contribution in [0.3, 0.4) is 0 Å². The van der Waals surface area contributed by atoms with Crippen molar-refractivity contribution in [2.45, 2.75) is 32.2 Å². The second kappa shape index (κ2) is 9.76. The van der Waals surface area contributed by atoms with Crippen LogP contribution in [0.2, 0.25) is 0 Å². The van der Waals surface area contributed by atoms with Gasteiger partial charge in [0.25, 0.3) is 5.91 Å². The van der Waals surface area contributed by atoms with E-state index >= 15 is 0 Å². The summed E-state index contributed by atoms with van der Waals surface area (Å²) in [5, 5.41) is 2.20. The number of H-pyrrole nitrogens is 2. The van der Waals surface area contributed by atoms with Crippen LogP contribution in [0.25, 0.3) is 21.8 Å². The first-order chi connectivity index (χ1) is 18.1. The molecule has 2 aromatic heterocycles. The molecular weight excluding hydrogens is 466 g/mol. The minimum Gasteiger partial charge on any atom is -0.358 e. The molecule has 2 aliphatic heterocycles. The number of amides is 3. The molecule has 1 saturated heterocycles. The van der Waals surface area contributed by atoms with Crippen molar-refractivity contribution < 1.29 is 14.4 Å². The van der Waals surface area contributed by atoms with Gasteiger partial charge in [0.2, 0.25) is 11.8 Å². The summed E-state index contributed by atoms with van der Waals surface area (Å²) < 4.78 is 0. The lowest BCUT2D eigenvalue weighted by Gasteiger charge is -2.34. The van der Waals surface area contributed by atoms with Crippen LogP contribution in [0.1, 0.15) is 41.0 Å². The summed E-state index contributed by atoms with van der Waals surface area (Å²) in [6.45, 7) is 3.40. The Morgan fingerprint density at radius 1 is 0.730 bits per heavy atom. The lowest BCUT2D eigenvalue weighted by Crippen LogP contribution is -2.50. The highest BCUT2D eigenvalue weighted by molar-refractivity contribution is 5.98. The molecule has 0 bridgehead atoms. The lowest BCUT2D eigenvalue weighted by atomic mass is 10.0. The fraction of sp³-hybridized carbons (Fsp3) is 0.345. The number of nitrogens with one attached hydrogen (secondary N) is 2. The Morgan fingerprint density at radius 2 is 1.41 bits per heavy atom. The molecule has 8 nitrogen and oxygen atoms in total. The highest BCUT2D eigenvalue weighted by Gasteiger charge is 2.27. The third-order valence-corrected chi connectivity index (χ3v) is 7.70. The molecule has 6 rings (SSSR count). The van der Waals surface area contributed by atoms with Gasteiger partial charge in [-0.05, 0) is 24.6 Å². The number of nitrogens with zero attached hydrogens (tertiary/aromatic N) is 3. The normalized spacial score (nSPS) is 15.8. The maximum atomic E-state index is 12.9. The number of aromatic amines is 2. The predicted octanol–water partition coefficient (Wildman–Crippen LogP) is 3.69. The first-order valence-corrected chi connectivity index (χ1v) is 13.1. The number of hydrogen-bond acceptors (Lipinski definition) is 3. The first kappa shape index (κ1) is 23.3. The van der Waals surface area contributed by atoms with Gasteiger partial charge in [0.1, 0.15) is 5.69 Å². The predicted molar refractivity (Wildman–Crippen MR) is 142 cm³/mol. The SMILES string of the molecule is O=C(CCCC(=O)N1CCc2[nH]c3ccccc3c2C1)N1CCN(C(=O)c2cc3ccccc3[nH]2)CC1. The van der Waals surface area contributed by atoms with Crippen molar-refractivity contribution in [3.63, 3.8) is 0 Å². The molecule has 2 aromatic carbocycles. The molecule has 0 spiro atoms. The number of carbonyl (C=O) groups is 3. The van der Waals surface area contributed by atoms with E-state index in [-0.39, 0.29) is 17.7 Å². The third-order valence-electron chi connectivity index (χ3n) is 7.70. The minimum atomic E-state index is -0.0335. The van der Waals surface area contributed by atoms with Crippen LogP contribution in [0, 0.1) is 0 Å². The number of fused-ring (bicyclic) bond motifs is 4. The molecule has 4 aromatic rings. The third kappa shape index (κ3) is 4.59. The molecule has 0 aliphatic carbocycles. The van der Waals surface area contributed by atoms with Gasteiger partial charge in [-0.15, -0.1) is 0 Å². The van der Waals surface area contributed by atoms with Gasteiger partial charge in [0, 0.05) is 91.6 Å². The van der Waals surface area contributed by atoms with Crippen LogP contribution in [-0.4, -0.2) is 75.1 Å². The Balaban J connectivity index is 0.964. The molecule has 3 amide bonds. The number of rotatable bonds is 5. The van der Waals surface area contributed by atoms with Crippen LogP contribution in [0.5, 0.6) is 0 Å². The van der Waals surface area contributed by atoms with Crippen LogP contribution < -0.4 is 0 Å². The fourth-order valence-electron chi connectivity index (χ4n) is 5.60. The van der Waals surface area contributed by atoms with Gasteiger partial charge in [-0.25, -0.2) is 0 Å². The molecule has 1 fully saturated rings. The van der Waals surface area contributed by atoms with E-state index in [2.05, 4.69) is 22.1 Å². The summed E-state index contributed by atoms with van der Waals surface area (Å²) in [4.78, 5) is 50.8. The van der Waals surface area contributed by atoms with E-state index < -0.39 is 0 Å². The summed E-state index contributed by atoms with van der Waals surface area (Å²) in [6, 6.07) is 17.9. The van der Waals surface area contributed by atoms with Gasteiger partial charge in [0.05, 0.1) is 0 Å². The number of aromatic nitrogens is 2. The number of hydrogen-bond donors (Lipinski definition) is 2. The van der Waals surface area contributed by atoms with E-state index in [4.69, 9.17) is 0 Å². The van der Waals surface area contributed by atoms with Gasteiger partial charge in [-0.1, -0.05) is 36.4 Å². The Hall–Kier alpha value is -4.07. The Kier molecular flexibility index (Phi) is 6.16. The van der Waals surface area contributed by atoms with Gasteiger partial charge in [-0.2, -0.15) is 0 Å². The fourth-order valence-corrected chi connectivity index (χ4v) is 5.60. The Morgan fingerprint density at radius 3 is 2.19 bits per heavy atom. The molecule has 0 atom stereocenters. The summed E-state index contributed by atoms with van der Waals surface area (Å²) in [5.74, 6) is 0.134. The van der Waals surface area contributed by atoms with E-state index in [1.54, 1.807) is 4.90 Å². The van der Waals surface area contributed by atoms with Gasteiger partial charge in [-0.3, -0.25) is 14.4 Å².